The number of nitrogens with two attached hydrogens (primary N) is 1. The second-order valence-corrected chi connectivity index (χ2v) is 7.71. The average Bonchev–Trinajstić information content (AvgIpc) is 2.49. The Morgan fingerprint density at radius 3 is 1.48 bits per heavy atom. The minimum absolute atomic E-state index is 0. The number of hydrogen-bond acceptors (Lipinski definition) is 1. The summed E-state index contributed by atoms with van der Waals surface area (Å²) < 4.78 is 1.22. The third-order valence-corrected chi connectivity index (χ3v) is 4.37. The van der Waals surface area contributed by atoms with E-state index in [2.05, 4.69) is 34.5 Å². The van der Waals surface area contributed by atoms with Crippen molar-refractivity contribution >= 4 is 5.91 Å². The van der Waals surface area contributed by atoms with Gasteiger partial charge in [0.1, 0.15) is 0 Å². The van der Waals surface area contributed by atoms with Gasteiger partial charge in [-0.3, -0.25) is 4.79 Å². The third kappa shape index (κ3) is 26.0. The molecule has 3 nitrogen and oxygen atoms in total. The van der Waals surface area contributed by atoms with Gasteiger partial charge in [-0.15, -0.1) is 0 Å². The highest BCUT2D eigenvalue weighted by Crippen LogP contribution is 2.11. The highest BCUT2D eigenvalue weighted by atomic mass is 79.9. The molecule has 4 heteroatoms. The van der Waals surface area contributed by atoms with Gasteiger partial charge in [-0.25, -0.2) is 0 Å². The second-order valence-electron chi connectivity index (χ2n) is 7.71. The van der Waals surface area contributed by atoms with Crippen LogP contribution in [0.5, 0.6) is 0 Å². The van der Waals surface area contributed by atoms with Crippen LogP contribution < -0.4 is 22.7 Å². The summed E-state index contributed by atoms with van der Waals surface area (Å²) in [6.45, 7) is 12.1. The van der Waals surface area contributed by atoms with Crippen molar-refractivity contribution in [1.82, 2.24) is 0 Å². The topological polar surface area (TPSA) is 43.1 Å². The molecule has 0 rings (SSSR count). The van der Waals surface area contributed by atoms with E-state index in [1.807, 2.05) is 0 Å². The fraction of sp³-hybridized carbons (Fsp3) is 0.857. The van der Waals surface area contributed by atoms with Crippen LogP contribution in [-0.4, -0.2) is 37.6 Å². The van der Waals surface area contributed by atoms with E-state index in [4.69, 9.17) is 5.73 Å². The predicted octanol–water partition coefficient (Wildman–Crippen LogP) is 2.45. The highest BCUT2D eigenvalue weighted by Gasteiger charge is 2.11. The Bertz CT molecular complexity index is 305. The van der Waals surface area contributed by atoms with Crippen molar-refractivity contribution in [3.8, 4) is 0 Å². The van der Waals surface area contributed by atoms with Crippen molar-refractivity contribution in [1.29, 1.82) is 0 Å². The molecule has 1 amide bonds. The largest absolute Gasteiger partial charge is 1.00 e. The number of primary amides is 1. The second kappa shape index (κ2) is 20.0. The first-order valence-corrected chi connectivity index (χ1v) is 10.0. The molecule has 0 aliphatic heterocycles. The van der Waals surface area contributed by atoms with E-state index in [1.165, 1.54) is 88.2 Å². The van der Waals surface area contributed by atoms with Crippen molar-refractivity contribution in [2.45, 2.75) is 91.4 Å². The zero-order valence-electron chi connectivity index (χ0n) is 17.7. The van der Waals surface area contributed by atoms with Gasteiger partial charge < -0.3 is 27.2 Å². The molecular weight excluding hydrogens is 376 g/mol. The number of rotatable bonds is 14. The van der Waals surface area contributed by atoms with E-state index < -0.39 is 5.91 Å². The van der Waals surface area contributed by atoms with Crippen LogP contribution in [0.4, 0.5) is 0 Å². The number of carbonyl (C=O) groups excluding carboxylic acids is 1. The van der Waals surface area contributed by atoms with Crippen LogP contribution in [0.3, 0.4) is 0 Å². The van der Waals surface area contributed by atoms with E-state index >= 15 is 0 Å². The van der Waals surface area contributed by atoms with Crippen molar-refractivity contribution in [3.05, 3.63) is 12.2 Å². The summed E-state index contributed by atoms with van der Waals surface area (Å²) in [5.41, 5.74) is 5.09. The Morgan fingerprint density at radius 1 is 0.800 bits per heavy atom. The minimum Gasteiger partial charge on any atom is -1.00 e. The molecule has 0 bridgehead atoms. The maximum atomic E-state index is 9.82. The van der Waals surface area contributed by atoms with Gasteiger partial charge in [0.15, 0.2) is 0 Å². The third-order valence-electron chi connectivity index (χ3n) is 4.37. The summed E-state index contributed by atoms with van der Waals surface area (Å²) in [5.74, 6) is -0.435. The fourth-order valence-corrected chi connectivity index (χ4v) is 2.74. The maximum Gasteiger partial charge on any atom is 0.243 e. The van der Waals surface area contributed by atoms with Crippen molar-refractivity contribution in [2.24, 2.45) is 5.73 Å². The number of carbonyl (C=O) groups is 1. The normalized spacial score (nSPS) is 10.4. The molecule has 2 N–H and O–H groups in total. The number of amides is 1. The molecule has 0 spiro atoms. The van der Waals surface area contributed by atoms with E-state index in [1.54, 1.807) is 6.92 Å². The Kier molecular flexibility index (Phi) is 23.5. The number of halogens is 1. The molecule has 152 valence electrons. The molecule has 0 saturated heterocycles. The molecule has 0 aromatic rings. The van der Waals surface area contributed by atoms with Crippen LogP contribution in [0.15, 0.2) is 12.2 Å². The zero-order chi connectivity index (χ0) is 18.8. The summed E-state index contributed by atoms with van der Waals surface area (Å²) in [4.78, 5) is 9.82. The summed E-state index contributed by atoms with van der Waals surface area (Å²) in [7, 11) is 4.74. The minimum atomic E-state index is -0.435. The summed E-state index contributed by atoms with van der Waals surface area (Å²) in [5, 5.41) is 0. The van der Waals surface area contributed by atoms with Crippen LogP contribution in [0.2, 0.25) is 0 Å². The molecule has 0 atom stereocenters. The molecular formula is C21H45BrN2O. The lowest BCUT2D eigenvalue weighted by molar-refractivity contribution is -0.890. The van der Waals surface area contributed by atoms with Crippen LogP contribution in [0.25, 0.3) is 0 Å². The molecule has 0 aromatic heterocycles. The first-order chi connectivity index (χ1) is 11.3. The number of quaternary nitrogens is 1. The number of unbranched alkanes of at least 4 members (excludes halogenated alkanes) is 9. The lowest BCUT2D eigenvalue weighted by Crippen LogP contribution is -3.00. The maximum absolute atomic E-state index is 9.82. The standard InChI is InChI=1S/C17H38N.C4H7NO.BrH/c1-5-7-8-9-10-11-12-13-14-15-17-18(3,4)16-6-2;1-3(2)4(5)6;/h5-17H2,1-4H3;1H2,2H3,(H2,5,6);1H/q+1;;/p-1. The lowest BCUT2D eigenvalue weighted by atomic mass is 10.1. The summed E-state index contributed by atoms with van der Waals surface area (Å²) >= 11 is 0. The summed E-state index contributed by atoms with van der Waals surface area (Å²) in [6.07, 6.45) is 15.8. The fourth-order valence-electron chi connectivity index (χ4n) is 2.74. The van der Waals surface area contributed by atoms with E-state index in [0.29, 0.717) is 5.57 Å². The van der Waals surface area contributed by atoms with Gasteiger partial charge in [0.2, 0.25) is 5.91 Å². The predicted molar refractivity (Wildman–Crippen MR) is 108 cm³/mol. The van der Waals surface area contributed by atoms with Crippen LogP contribution in [0.1, 0.15) is 91.4 Å². The quantitative estimate of drug-likeness (QED) is 0.261. The molecule has 0 aliphatic carbocycles. The zero-order valence-corrected chi connectivity index (χ0v) is 19.3. The first kappa shape index (κ1) is 29.4. The Hall–Kier alpha value is -0.350. The van der Waals surface area contributed by atoms with Crippen LogP contribution >= 0.6 is 0 Å². The van der Waals surface area contributed by atoms with E-state index in [9.17, 15) is 4.79 Å². The summed E-state index contributed by atoms with van der Waals surface area (Å²) in [6, 6.07) is 0. The first-order valence-electron chi connectivity index (χ1n) is 10.0. The Balaban J connectivity index is -0.000000592. The van der Waals surface area contributed by atoms with Crippen LogP contribution in [0, 0.1) is 0 Å². The van der Waals surface area contributed by atoms with E-state index in [-0.39, 0.29) is 17.0 Å². The Labute approximate surface area is 168 Å². The molecule has 0 unspecified atom stereocenters. The average molecular weight is 422 g/mol. The van der Waals surface area contributed by atoms with Gasteiger partial charge in [0.25, 0.3) is 0 Å². The van der Waals surface area contributed by atoms with Gasteiger partial charge >= 0.3 is 0 Å². The molecule has 0 heterocycles. The number of nitrogens with zero attached hydrogens (tertiary/aromatic N) is 1. The molecule has 0 saturated carbocycles. The van der Waals surface area contributed by atoms with E-state index in [0.717, 1.165) is 0 Å². The van der Waals surface area contributed by atoms with Gasteiger partial charge in [-0.2, -0.15) is 0 Å². The highest BCUT2D eigenvalue weighted by molar-refractivity contribution is 5.90. The lowest BCUT2D eigenvalue weighted by Gasteiger charge is -2.29. The molecule has 0 aliphatic rings. The van der Waals surface area contributed by atoms with Gasteiger partial charge in [0.05, 0.1) is 27.2 Å². The molecule has 0 aromatic carbocycles. The van der Waals surface area contributed by atoms with Gasteiger partial charge in [0, 0.05) is 5.57 Å². The Morgan fingerprint density at radius 2 is 1.16 bits per heavy atom. The van der Waals surface area contributed by atoms with Gasteiger partial charge in [-0.05, 0) is 26.2 Å². The van der Waals surface area contributed by atoms with Crippen molar-refractivity contribution < 1.29 is 26.3 Å². The van der Waals surface area contributed by atoms with Crippen molar-refractivity contribution in [2.75, 3.05) is 27.2 Å². The van der Waals surface area contributed by atoms with Crippen molar-refractivity contribution in [3.63, 3.8) is 0 Å². The monoisotopic (exact) mass is 420 g/mol. The molecule has 0 radical (unpaired) electrons. The SMILES string of the molecule is C=C(C)C(N)=O.CCCCCCCCCCCC[N+](C)(C)CCC.[Br-]. The van der Waals surface area contributed by atoms with Crippen LogP contribution in [-0.2, 0) is 4.79 Å². The molecule has 25 heavy (non-hydrogen) atoms. The number of hydrogen-bond donors (Lipinski definition) is 1. The molecule has 0 fully saturated rings. The smallest absolute Gasteiger partial charge is 0.243 e. The van der Waals surface area contributed by atoms with Gasteiger partial charge in [-0.1, -0.05) is 71.8 Å².